The molecule has 0 saturated heterocycles. The minimum atomic E-state index is -0.494. The van der Waals surface area contributed by atoms with Gasteiger partial charge >= 0.3 is 0 Å². The number of carbonyl (C=O) groups excluding carboxylic acids is 1. The standard InChI is InChI=1S/C17H15BrN2O4/c1-11(9-16(21)12-3-5-13(18)6-4-12)19-15-8-7-14(20(22)23)10-17(15)24-2/h3-10,19H,1-2H3/b11-9+. The summed E-state index contributed by atoms with van der Waals surface area (Å²) in [4.78, 5) is 22.5. The molecule has 0 bridgehead atoms. The van der Waals surface area contributed by atoms with Gasteiger partial charge in [-0.05, 0) is 37.3 Å². The van der Waals surface area contributed by atoms with E-state index >= 15 is 0 Å². The average Bonchev–Trinajstić information content (AvgIpc) is 2.55. The molecule has 0 aliphatic heterocycles. The number of nitrogens with zero attached hydrogens (tertiary/aromatic N) is 1. The Balaban J connectivity index is 2.19. The van der Waals surface area contributed by atoms with Crippen molar-refractivity contribution in [1.29, 1.82) is 0 Å². The summed E-state index contributed by atoms with van der Waals surface area (Å²) < 4.78 is 6.05. The van der Waals surface area contributed by atoms with Crippen LogP contribution in [0.4, 0.5) is 11.4 Å². The second kappa shape index (κ2) is 7.74. The van der Waals surface area contributed by atoms with E-state index in [1.165, 1.54) is 25.3 Å². The van der Waals surface area contributed by atoms with E-state index in [1.54, 1.807) is 37.3 Å². The van der Waals surface area contributed by atoms with Gasteiger partial charge in [-0.25, -0.2) is 0 Å². The molecule has 124 valence electrons. The molecule has 7 heteroatoms. The number of nitro groups is 1. The molecule has 6 nitrogen and oxygen atoms in total. The third kappa shape index (κ3) is 4.42. The number of ketones is 1. The molecule has 0 heterocycles. The smallest absolute Gasteiger partial charge is 0.273 e. The van der Waals surface area contributed by atoms with Crippen LogP contribution in [-0.4, -0.2) is 17.8 Å². The minimum Gasteiger partial charge on any atom is -0.494 e. The lowest BCUT2D eigenvalue weighted by Crippen LogP contribution is -2.03. The number of methoxy groups -OCH3 is 1. The highest BCUT2D eigenvalue weighted by molar-refractivity contribution is 9.10. The van der Waals surface area contributed by atoms with Crippen LogP contribution in [0.3, 0.4) is 0 Å². The Morgan fingerprint density at radius 3 is 2.50 bits per heavy atom. The third-order valence-electron chi connectivity index (χ3n) is 3.20. The van der Waals surface area contributed by atoms with Crippen LogP contribution in [0.2, 0.25) is 0 Å². The molecule has 24 heavy (non-hydrogen) atoms. The summed E-state index contributed by atoms with van der Waals surface area (Å²) in [7, 11) is 1.43. The highest BCUT2D eigenvalue weighted by atomic mass is 79.9. The van der Waals surface area contributed by atoms with E-state index in [2.05, 4.69) is 21.2 Å². The van der Waals surface area contributed by atoms with Gasteiger partial charge in [-0.1, -0.05) is 15.9 Å². The summed E-state index contributed by atoms with van der Waals surface area (Å²) >= 11 is 3.32. The fourth-order valence-electron chi connectivity index (χ4n) is 2.04. The Morgan fingerprint density at radius 1 is 1.25 bits per heavy atom. The van der Waals surface area contributed by atoms with E-state index in [-0.39, 0.29) is 11.5 Å². The molecule has 2 aromatic rings. The first-order valence-corrected chi connectivity index (χ1v) is 7.77. The first kappa shape index (κ1) is 17.7. The van der Waals surface area contributed by atoms with Crippen molar-refractivity contribution < 1.29 is 14.5 Å². The van der Waals surface area contributed by atoms with Gasteiger partial charge in [0.2, 0.25) is 0 Å². The zero-order valence-corrected chi connectivity index (χ0v) is 14.7. The molecule has 0 atom stereocenters. The van der Waals surface area contributed by atoms with Crippen molar-refractivity contribution in [3.05, 3.63) is 74.4 Å². The van der Waals surface area contributed by atoms with Gasteiger partial charge in [-0.3, -0.25) is 14.9 Å². The molecule has 0 fully saturated rings. The lowest BCUT2D eigenvalue weighted by molar-refractivity contribution is -0.384. The third-order valence-corrected chi connectivity index (χ3v) is 3.73. The van der Waals surface area contributed by atoms with Crippen LogP contribution in [0, 0.1) is 10.1 Å². The van der Waals surface area contributed by atoms with E-state index in [9.17, 15) is 14.9 Å². The van der Waals surface area contributed by atoms with Crippen molar-refractivity contribution in [2.45, 2.75) is 6.92 Å². The maximum absolute atomic E-state index is 12.2. The number of hydrogen-bond donors (Lipinski definition) is 1. The Kier molecular flexibility index (Phi) is 5.70. The molecule has 0 unspecified atom stereocenters. The van der Waals surface area contributed by atoms with E-state index in [0.29, 0.717) is 22.7 Å². The largest absolute Gasteiger partial charge is 0.494 e. The maximum Gasteiger partial charge on any atom is 0.273 e. The van der Waals surface area contributed by atoms with Crippen molar-refractivity contribution in [3.63, 3.8) is 0 Å². The molecule has 0 radical (unpaired) electrons. The van der Waals surface area contributed by atoms with E-state index in [4.69, 9.17) is 4.74 Å². The SMILES string of the molecule is COc1cc([N+](=O)[O-])ccc1N/C(C)=C/C(=O)c1ccc(Br)cc1. The molecule has 2 aromatic carbocycles. The van der Waals surface area contributed by atoms with E-state index in [0.717, 1.165) is 4.47 Å². The maximum atomic E-state index is 12.2. The van der Waals surface area contributed by atoms with Crippen LogP contribution in [0.5, 0.6) is 5.75 Å². The first-order valence-electron chi connectivity index (χ1n) is 6.98. The van der Waals surface area contributed by atoms with E-state index < -0.39 is 4.92 Å². The summed E-state index contributed by atoms with van der Waals surface area (Å²) in [5, 5.41) is 13.8. The number of non-ortho nitro benzene ring substituents is 1. The van der Waals surface area contributed by atoms with Crippen LogP contribution in [-0.2, 0) is 0 Å². The quantitative estimate of drug-likeness (QED) is 0.338. The molecule has 0 aliphatic rings. The van der Waals surface area contributed by atoms with E-state index in [1.807, 2.05) is 0 Å². The lowest BCUT2D eigenvalue weighted by atomic mass is 10.1. The van der Waals surface area contributed by atoms with Gasteiger partial charge in [0.1, 0.15) is 5.75 Å². The van der Waals surface area contributed by atoms with Gasteiger partial charge in [0.15, 0.2) is 5.78 Å². The summed E-state index contributed by atoms with van der Waals surface area (Å²) in [6, 6.07) is 11.3. The molecule has 0 spiro atoms. The topological polar surface area (TPSA) is 81.5 Å². The van der Waals surface area contributed by atoms with Gasteiger partial charge in [0, 0.05) is 27.9 Å². The van der Waals surface area contributed by atoms with Gasteiger partial charge in [-0.2, -0.15) is 0 Å². The van der Waals surface area contributed by atoms with Crippen LogP contribution in [0.25, 0.3) is 0 Å². The molecular weight excluding hydrogens is 376 g/mol. The fourth-order valence-corrected chi connectivity index (χ4v) is 2.30. The lowest BCUT2D eigenvalue weighted by Gasteiger charge is -2.11. The summed E-state index contributed by atoms with van der Waals surface area (Å²) in [5.74, 6) is 0.182. The van der Waals surface area contributed by atoms with Crippen molar-refractivity contribution >= 4 is 33.1 Å². The van der Waals surface area contributed by atoms with Crippen molar-refractivity contribution in [2.75, 3.05) is 12.4 Å². The number of allylic oxidation sites excluding steroid dienone is 2. The second-order valence-electron chi connectivity index (χ2n) is 4.97. The van der Waals surface area contributed by atoms with Crippen molar-refractivity contribution in [3.8, 4) is 5.75 Å². The number of benzene rings is 2. The first-order chi connectivity index (χ1) is 11.4. The number of anilines is 1. The Bertz CT molecular complexity index is 801. The number of hydrogen-bond acceptors (Lipinski definition) is 5. The molecule has 1 N–H and O–H groups in total. The average molecular weight is 391 g/mol. The summed E-state index contributed by atoms with van der Waals surface area (Å²) in [5.41, 5.74) is 1.63. The summed E-state index contributed by atoms with van der Waals surface area (Å²) in [6.07, 6.45) is 1.46. The fraction of sp³-hybridized carbons (Fsp3) is 0.118. The zero-order valence-electron chi connectivity index (χ0n) is 13.1. The highest BCUT2D eigenvalue weighted by Gasteiger charge is 2.12. The number of ether oxygens (including phenoxy) is 1. The van der Waals surface area contributed by atoms with Crippen LogP contribution < -0.4 is 10.1 Å². The molecule has 2 rings (SSSR count). The Morgan fingerprint density at radius 2 is 1.92 bits per heavy atom. The number of nitro benzene ring substituents is 1. The van der Waals surface area contributed by atoms with Crippen molar-refractivity contribution in [1.82, 2.24) is 0 Å². The normalized spacial score (nSPS) is 11.0. The van der Waals surface area contributed by atoms with Gasteiger partial charge < -0.3 is 10.1 Å². The van der Waals surface area contributed by atoms with Gasteiger partial charge in [0.05, 0.1) is 23.8 Å². The number of carbonyl (C=O) groups is 1. The van der Waals surface area contributed by atoms with Gasteiger partial charge in [-0.15, -0.1) is 0 Å². The monoisotopic (exact) mass is 390 g/mol. The molecule has 0 saturated carbocycles. The van der Waals surface area contributed by atoms with Crippen LogP contribution >= 0.6 is 15.9 Å². The Hall–Kier alpha value is -2.67. The van der Waals surface area contributed by atoms with Crippen molar-refractivity contribution in [2.24, 2.45) is 0 Å². The highest BCUT2D eigenvalue weighted by Crippen LogP contribution is 2.29. The van der Waals surface area contributed by atoms with Gasteiger partial charge in [0.25, 0.3) is 5.69 Å². The number of halogens is 1. The van der Waals surface area contributed by atoms with Crippen LogP contribution in [0.15, 0.2) is 58.7 Å². The second-order valence-corrected chi connectivity index (χ2v) is 5.88. The zero-order chi connectivity index (χ0) is 17.7. The van der Waals surface area contributed by atoms with Crippen LogP contribution in [0.1, 0.15) is 17.3 Å². The predicted molar refractivity (Wildman–Crippen MR) is 95.5 cm³/mol. The molecule has 0 aromatic heterocycles. The molecular formula is C17H15BrN2O4. The number of rotatable bonds is 6. The Labute approximate surface area is 147 Å². The summed E-state index contributed by atoms with van der Waals surface area (Å²) in [6.45, 7) is 1.73. The molecule has 0 aliphatic carbocycles. The minimum absolute atomic E-state index is 0.0648. The molecule has 0 amide bonds. The predicted octanol–water partition coefficient (Wildman–Crippen LogP) is 4.56. The number of nitrogens with one attached hydrogen (secondary N) is 1.